The highest BCUT2D eigenvalue weighted by Gasteiger charge is 2.14. The zero-order valence-electron chi connectivity index (χ0n) is 12.6. The van der Waals surface area contributed by atoms with Gasteiger partial charge >= 0.3 is 0 Å². The molecule has 0 saturated heterocycles. The van der Waals surface area contributed by atoms with Crippen molar-refractivity contribution in [2.24, 2.45) is 0 Å². The predicted octanol–water partition coefficient (Wildman–Crippen LogP) is 3.02. The third-order valence-corrected chi connectivity index (χ3v) is 3.13. The molecule has 0 aliphatic carbocycles. The number of ether oxygens (including phenoxy) is 1. The van der Waals surface area contributed by atoms with Gasteiger partial charge in [0.05, 0.1) is 12.8 Å². The van der Waals surface area contributed by atoms with Crippen LogP contribution in [-0.4, -0.2) is 29.1 Å². The Balaban J connectivity index is 2.62. The number of rotatable bonds is 4. The molecule has 0 aliphatic heterocycles. The predicted molar refractivity (Wildman–Crippen MR) is 80.2 cm³/mol. The molecule has 0 atom stereocenters. The highest BCUT2D eigenvalue weighted by atomic mass is 16.5. The molecule has 1 N–H and O–H groups in total. The summed E-state index contributed by atoms with van der Waals surface area (Å²) in [4.78, 5) is 13.4. The molecule has 2 aromatic heterocycles. The molecule has 2 aromatic rings. The monoisotopic (exact) mass is 272 g/mol. The standard InChI is InChI=1S/C15H20N4O/c1-9(2)14-18-13(10(3)15(16-4)19-14)11-6-7-17-12(8-11)20-5/h6-9H,1-5H3,(H,16,18,19). The topological polar surface area (TPSA) is 59.9 Å². The lowest BCUT2D eigenvalue weighted by Crippen LogP contribution is -2.06. The second kappa shape index (κ2) is 5.86. The fourth-order valence-corrected chi connectivity index (χ4v) is 1.98. The van der Waals surface area contributed by atoms with Crippen LogP contribution in [0.25, 0.3) is 11.3 Å². The van der Waals surface area contributed by atoms with Gasteiger partial charge in [0.15, 0.2) is 0 Å². The van der Waals surface area contributed by atoms with Gasteiger partial charge in [-0.05, 0) is 13.0 Å². The fourth-order valence-electron chi connectivity index (χ4n) is 1.98. The third kappa shape index (κ3) is 2.71. The summed E-state index contributed by atoms with van der Waals surface area (Å²) >= 11 is 0. The van der Waals surface area contributed by atoms with Crippen LogP contribution in [0.3, 0.4) is 0 Å². The van der Waals surface area contributed by atoms with Crippen molar-refractivity contribution in [3.63, 3.8) is 0 Å². The molecule has 0 amide bonds. The van der Waals surface area contributed by atoms with Crippen LogP contribution in [-0.2, 0) is 0 Å². The first-order valence-electron chi connectivity index (χ1n) is 6.63. The second-order valence-corrected chi connectivity index (χ2v) is 4.90. The smallest absolute Gasteiger partial charge is 0.213 e. The summed E-state index contributed by atoms with van der Waals surface area (Å²) in [5.41, 5.74) is 2.91. The zero-order chi connectivity index (χ0) is 14.7. The third-order valence-electron chi connectivity index (χ3n) is 3.13. The summed E-state index contributed by atoms with van der Waals surface area (Å²) in [5, 5.41) is 3.13. The van der Waals surface area contributed by atoms with Gasteiger partial charge in [-0.25, -0.2) is 15.0 Å². The first-order valence-corrected chi connectivity index (χ1v) is 6.63. The molecular formula is C15H20N4O. The minimum atomic E-state index is 0.269. The minimum Gasteiger partial charge on any atom is -0.481 e. The van der Waals surface area contributed by atoms with Gasteiger partial charge in [-0.1, -0.05) is 13.8 Å². The van der Waals surface area contributed by atoms with E-state index in [0.717, 1.165) is 28.5 Å². The number of hydrogen-bond acceptors (Lipinski definition) is 5. The number of nitrogens with zero attached hydrogens (tertiary/aromatic N) is 3. The lowest BCUT2D eigenvalue weighted by Gasteiger charge is -2.14. The molecule has 2 heterocycles. The Hall–Kier alpha value is -2.17. The normalized spacial score (nSPS) is 10.7. The van der Waals surface area contributed by atoms with Crippen molar-refractivity contribution >= 4 is 5.82 Å². The van der Waals surface area contributed by atoms with Gasteiger partial charge in [0.2, 0.25) is 5.88 Å². The Kier molecular flexibility index (Phi) is 4.17. The van der Waals surface area contributed by atoms with Crippen LogP contribution in [0.2, 0.25) is 0 Å². The van der Waals surface area contributed by atoms with Crippen molar-refractivity contribution in [2.75, 3.05) is 19.5 Å². The van der Waals surface area contributed by atoms with Gasteiger partial charge < -0.3 is 10.1 Å². The summed E-state index contributed by atoms with van der Waals surface area (Å²) in [6.07, 6.45) is 1.73. The largest absolute Gasteiger partial charge is 0.481 e. The van der Waals surface area contributed by atoms with Crippen molar-refractivity contribution < 1.29 is 4.74 Å². The van der Waals surface area contributed by atoms with Crippen LogP contribution in [0.1, 0.15) is 31.2 Å². The molecule has 0 bridgehead atoms. The van der Waals surface area contributed by atoms with Gasteiger partial charge in [-0.15, -0.1) is 0 Å². The quantitative estimate of drug-likeness (QED) is 0.927. The summed E-state index contributed by atoms with van der Waals surface area (Å²) in [6, 6.07) is 3.82. The van der Waals surface area contributed by atoms with Crippen LogP contribution in [0.15, 0.2) is 18.3 Å². The van der Waals surface area contributed by atoms with Crippen LogP contribution in [0, 0.1) is 6.92 Å². The van der Waals surface area contributed by atoms with Gasteiger partial charge in [-0.2, -0.15) is 0 Å². The fraction of sp³-hybridized carbons (Fsp3) is 0.400. The van der Waals surface area contributed by atoms with Crippen molar-refractivity contribution in [2.45, 2.75) is 26.7 Å². The summed E-state index contributed by atoms with van der Waals surface area (Å²) < 4.78 is 5.18. The number of aromatic nitrogens is 3. The Morgan fingerprint density at radius 2 is 2.00 bits per heavy atom. The minimum absolute atomic E-state index is 0.269. The average Bonchev–Trinajstić information content (AvgIpc) is 2.47. The van der Waals surface area contributed by atoms with Gasteiger partial charge in [-0.3, -0.25) is 0 Å². The number of hydrogen-bond donors (Lipinski definition) is 1. The molecular weight excluding hydrogens is 252 g/mol. The van der Waals surface area contributed by atoms with E-state index in [1.54, 1.807) is 13.3 Å². The highest BCUT2D eigenvalue weighted by Crippen LogP contribution is 2.28. The molecule has 5 heteroatoms. The molecule has 0 unspecified atom stereocenters. The van der Waals surface area contributed by atoms with Crippen LogP contribution in [0.4, 0.5) is 5.82 Å². The first-order chi connectivity index (χ1) is 9.56. The molecule has 0 spiro atoms. The van der Waals surface area contributed by atoms with E-state index in [0.29, 0.717) is 5.88 Å². The van der Waals surface area contributed by atoms with Crippen LogP contribution < -0.4 is 10.1 Å². The first kappa shape index (κ1) is 14.2. The Bertz CT molecular complexity index is 611. The van der Waals surface area contributed by atoms with Gasteiger partial charge in [0.1, 0.15) is 11.6 Å². The Morgan fingerprint density at radius 1 is 1.25 bits per heavy atom. The van der Waals surface area contributed by atoms with Gasteiger partial charge in [0, 0.05) is 36.4 Å². The molecule has 106 valence electrons. The Labute approximate surface area is 119 Å². The van der Waals surface area contributed by atoms with Crippen molar-refractivity contribution in [3.05, 3.63) is 29.7 Å². The average molecular weight is 272 g/mol. The summed E-state index contributed by atoms with van der Waals surface area (Å²) in [5.74, 6) is 2.53. The molecule has 20 heavy (non-hydrogen) atoms. The zero-order valence-corrected chi connectivity index (χ0v) is 12.6. The number of nitrogens with one attached hydrogen (secondary N) is 1. The summed E-state index contributed by atoms with van der Waals surface area (Å²) in [7, 11) is 3.48. The maximum absolute atomic E-state index is 5.18. The van der Waals surface area contributed by atoms with Crippen LogP contribution in [0.5, 0.6) is 5.88 Å². The second-order valence-electron chi connectivity index (χ2n) is 4.90. The highest BCUT2D eigenvalue weighted by molar-refractivity contribution is 5.68. The van der Waals surface area contributed by atoms with E-state index in [4.69, 9.17) is 9.72 Å². The van der Waals surface area contributed by atoms with E-state index in [1.807, 2.05) is 26.1 Å². The molecule has 0 aliphatic rings. The molecule has 5 nitrogen and oxygen atoms in total. The van der Waals surface area contributed by atoms with E-state index in [9.17, 15) is 0 Å². The van der Waals surface area contributed by atoms with E-state index < -0.39 is 0 Å². The maximum Gasteiger partial charge on any atom is 0.213 e. The van der Waals surface area contributed by atoms with Crippen molar-refractivity contribution in [1.82, 2.24) is 15.0 Å². The van der Waals surface area contributed by atoms with Crippen molar-refractivity contribution in [3.8, 4) is 17.1 Å². The van der Waals surface area contributed by atoms with E-state index in [-0.39, 0.29) is 5.92 Å². The van der Waals surface area contributed by atoms with E-state index in [1.165, 1.54) is 0 Å². The lowest BCUT2D eigenvalue weighted by molar-refractivity contribution is 0.398. The van der Waals surface area contributed by atoms with Crippen LogP contribution >= 0.6 is 0 Å². The van der Waals surface area contributed by atoms with Gasteiger partial charge in [0.25, 0.3) is 0 Å². The molecule has 0 fully saturated rings. The number of anilines is 1. The SMILES string of the molecule is CNc1nc(C(C)C)nc(-c2ccnc(OC)c2)c1C. The molecule has 0 saturated carbocycles. The summed E-state index contributed by atoms with van der Waals surface area (Å²) in [6.45, 7) is 6.18. The Morgan fingerprint density at radius 3 is 2.60 bits per heavy atom. The number of pyridine rings is 1. The van der Waals surface area contributed by atoms with Crippen molar-refractivity contribution in [1.29, 1.82) is 0 Å². The van der Waals surface area contributed by atoms with E-state index >= 15 is 0 Å². The molecule has 2 rings (SSSR count). The molecule has 0 aromatic carbocycles. The number of methoxy groups -OCH3 is 1. The maximum atomic E-state index is 5.18. The molecule has 0 radical (unpaired) electrons. The lowest BCUT2D eigenvalue weighted by atomic mass is 10.1. The van der Waals surface area contributed by atoms with E-state index in [2.05, 4.69) is 29.1 Å².